The van der Waals surface area contributed by atoms with Gasteiger partial charge < -0.3 is 28.5 Å². The van der Waals surface area contributed by atoms with Crippen LogP contribution >= 0.6 is 0 Å². The molecule has 0 spiro atoms. The smallest absolute Gasteiger partial charge is 0.361 e. The van der Waals surface area contributed by atoms with Gasteiger partial charge in [0.25, 0.3) is 6.29 Å². The van der Waals surface area contributed by atoms with Crippen molar-refractivity contribution < 1.29 is 42.9 Å². The molecule has 0 bridgehead atoms. The average Bonchev–Trinajstić information content (AvgIpc) is 3.23. The molecule has 0 aromatic rings. The van der Waals surface area contributed by atoms with Crippen molar-refractivity contribution in [3.63, 3.8) is 0 Å². The van der Waals surface area contributed by atoms with Crippen molar-refractivity contribution in [3.05, 3.63) is 97.2 Å². The van der Waals surface area contributed by atoms with Gasteiger partial charge in [-0.3, -0.25) is 9.59 Å². The van der Waals surface area contributed by atoms with E-state index in [1.165, 1.54) is 51.4 Å². The van der Waals surface area contributed by atoms with Gasteiger partial charge in [0.1, 0.15) is 13.2 Å². The number of hydrogen-bond acceptors (Lipinski definition) is 7. The van der Waals surface area contributed by atoms with Gasteiger partial charge in [-0.25, -0.2) is 4.79 Å². The van der Waals surface area contributed by atoms with E-state index < -0.39 is 24.3 Å². The van der Waals surface area contributed by atoms with Gasteiger partial charge in [-0.2, -0.15) is 0 Å². The van der Waals surface area contributed by atoms with E-state index in [1.807, 2.05) is 33.3 Å². The molecule has 1 N–H and O–H groups in total. The van der Waals surface area contributed by atoms with Crippen molar-refractivity contribution in [2.45, 2.75) is 174 Å². The Labute approximate surface area is 378 Å². The highest BCUT2D eigenvalue weighted by Gasteiger charge is 2.25. The summed E-state index contributed by atoms with van der Waals surface area (Å²) < 4.78 is 22.6. The standard InChI is InChI=1S/C53H87NO8/c1-6-8-10-12-14-16-18-20-22-24-26-28-30-32-34-36-38-40-42-44-51(56)62-49(48-61-53(52(57)58)59-46-45-54(3,4)5)47-60-50(55)43-41-39-37-35-33-31-29-27-25-23-21-19-17-15-13-11-9-7-2/h8,10,14,16-17,19-20,22-23,25-26,28,32,34,38,40,49,53H,6-7,9,11-13,15,18,21,24,27,29-31,33,35-37,39,41-48H2,1-5H3/p+1/b10-8-,16-14-,19-17-,22-20-,25-23-,28-26-,34-32-,40-38-. The summed E-state index contributed by atoms with van der Waals surface area (Å²) in [5.74, 6) is -2.14. The van der Waals surface area contributed by atoms with Crippen molar-refractivity contribution in [1.82, 2.24) is 0 Å². The summed E-state index contributed by atoms with van der Waals surface area (Å²) in [5.41, 5.74) is 0. The number of nitrogens with zero attached hydrogens (tertiary/aromatic N) is 1. The summed E-state index contributed by atoms with van der Waals surface area (Å²) in [4.78, 5) is 37.2. The van der Waals surface area contributed by atoms with Crippen LogP contribution in [0.1, 0.15) is 162 Å². The minimum absolute atomic E-state index is 0.128. The zero-order valence-electron chi connectivity index (χ0n) is 39.7. The molecule has 0 aliphatic heterocycles. The number of carboxylic acids is 1. The lowest BCUT2D eigenvalue weighted by Gasteiger charge is -2.25. The molecular formula is C53H88NO8+. The van der Waals surface area contributed by atoms with E-state index in [1.54, 1.807) is 0 Å². The molecule has 0 aromatic carbocycles. The van der Waals surface area contributed by atoms with E-state index in [9.17, 15) is 19.5 Å². The van der Waals surface area contributed by atoms with Crippen molar-refractivity contribution in [1.29, 1.82) is 0 Å². The van der Waals surface area contributed by atoms with Crippen LogP contribution in [0.15, 0.2) is 97.2 Å². The molecule has 0 aliphatic rings. The lowest BCUT2D eigenvalue weighted by molar-refractivity contribution is -0.870. The summed E-state index contributed by atoms with van der Waals surface area (Å²) in [6.45, 7) is 4.62. The van der Waals surface area contributed by atoms with Crippen LogP contribution in [-0.2, 0) is 33.3 Å². The number of esters is 2. The number of unbranched alkanes of at least 4 members (excludes halogenated alkanes) is 11. The molecule has 0 heterocycles. The number of carbonyl (C=O) groups is 3. The minimum atomic E-state index is -1.54. The second kappa shape index (κ2) is 43.8. The summed E-state index contributed by atoms with van der Waals surface area (Å²) in [5, 5.41) is 9.65. The first-order valence-corrected chi connectivity index (χ1v) is 23.9. The van der Waals surface area contributed by atoms with Crippen molar-refractivity contribution in [2.24, 2.45) is 0 Å². The van der Waals surface area contributed by atoms with Crippen molar-refractivity contribution in [3.8, 4) is 0 Å². The molecule has 62 heavy (non-hydrogen) atoms. The quantitative estimate of drug-likeness (QED) is 0.0212. The fourth-order valence-corrected chi connectivity index (χ4v) is 5.89. The number of rotatable bonds is 42. The third kappa shape index (κ3) is 44.3. The first-order valence-electron chi connectivity index (χ1n) is 23.9. The van der Waals surface area contributed by atoms with E-state index in [-0.39, 0.29) is 38.6 Å². The van der Waals surface area contributed by atoms with Crippen LogP contribution < -0.4 is 0 Å². The fraction of sp³-hybridized carbons (Fsp3) is 0.642. The van der Waals surface area contributed by atoms with E-state index in [0.29, 0.717) is 17.4 Å². The van der Waals surface area contributed by atoms with E-state index >= 15 is 0 Å². The second-order valence-corrected chi connectivity index (χ2v) is 16.7. The SMILES string of the molecule is CC/C=C\C/C=C\C/C=C\C/C=C\C/C=C\C/C=C\CCC(=O)OC(COC(=O)CCCCCCCCC/C=C\C/C=C\CCCCCC)COC(OCC[N+](C)(C)C)C(=O)O. The molecule has 0 amide bonds. The molecule has 352 valence electrons. The van der Waals surface area contributed by atoms with Crippen molar-refractivity contribution >= 4 is 17.9 Å². The van der Waals surface area contributed by atoms with Gasteiger partial charge in [0, 0.05) is 12.8 Å². The molecule has 0 rings (SSSR count). The number of carbonyl (C=O) groups excluding carboxylic acids is 2. The van der Waals surface area contributed by atoms with Gasteiger partial charge >= 0.3 is 17.9 Å². The van der Waals surface area contributed by atoms with Gasteiger partial charge in [0.15, 0.2) is 6.10 Å². The molecule has 0 saturated heterocycles. The van der Waals surface area contributed by atoms with E-state index in [0.717, 1.165) is 77.0 Å². The monoisotopic (exact) mass is 867 g/mol. The molecule has 0 aliphatic carbocycles. The summed E-state index contributed by atoms with van der Waals surface area (Å²) >= 11 is 0. The molecule has 0 aromatic heterocycles. The van der Waals surface area contributed by atoms with Crippen LogP contribution in [0.2, 0.25) is 0 Å². The number of hydrogen-bond donors (Lipinski definition) is 1. The maximum atomic E-state index is 12.8. The Hall–Kier alpha value is -3.79. The number of allylic oxidation sites excluding steroid dienone is 16. The summed E-state index contributed by atoms with van der Waals surface area (Å²) in [7, 11) is 5.92. The Kier molecular flexibility index (Phi) is 41.2. The van der Waals surface area contributed by atoms with E-state index in [4.69, 9.17) is 18.9 Å². The Morgan fingerprint density at radius 2 is 0.952 bits per heavy atom. The Balaban J connectivity index is 4.56. The molecule has 2 unspecified atom stereocenters. The molecule has 2 atom stereocenters. The normalized spacial score (nSPS) is 13.8. The highest BCUT2D eigenvalue weighted by Crippen LogP contribution is 2.12. The van der Waals surface area contributed by atoms with Crippen LogP contribution in [0.4, 0.5) is 0 Å². The van der Waals surface area contributed by atoms with Crippen LogP contribution in [0.25, 0.3) is 0 Å². The van der Waals surface area contributed by atoms with Gasteiger partial charge in [-0.15, -0.1) is 0 Å². The molecule has 0 fully saturated rings. The number of quaternary nitrogens is 1. The van der Waals surface area contributed by atoms with Crippen LogP contribution in [0.5, 0.6) is 0 Å². The second-order valence-electron chi connectivity index (χ2n) is 16.7. The Morgan fingerprint density at radius 1 is 0.500 bits per heavy atom. The first kappa shape index (κ1) is 58.2. The highest BCUT2D eigenvalue weighted by atomic mass is 16.7. The average molecular weight is 867 g/mol. The Morgan fingerprint density at radius 3 is 1.44 bits per heavy atom. The van der Waals surface area contributed by atoms with Crippen LogP contribution in [-0.4, -0.2) is 87.4 Å². The lowest BCUT2D eigenvalue weighted by atomic mass is 10.1. The van der Waals surface area contributed by atoms with Crippen LogP contribution in [0, 0.1) is 0 Å². The highest BCUT2D eigenvalue weighted by molar-refractivity contribution is 5.71. The zero-order valence-corrected chi connectivity index (χ0v) is 39.7. The lowest BCUT2D eigenvalue weighted by Crippen LogP contribution is -2.40. The van der Waals surface area contributed by atoms with Gasteiger partial charge in [-0.1, -0.05) is 162 Å². The van der Waals surface area contributed by atoms with Gasteiger partial charge in [0.2, 0.25) is 0 Å². The number of carboxylic acid groups (broad SMARTS) is 1. The fourth-order valence-electron chi connectivity index (χ4n) is 5.89. The van der Waals surface area contributed by atoms with Crippen LogP contribution in [0.3, 0.4) is 0 Å². The molecule has 9 nitrogen and oxygen atoms in total. The number of ether oxygens (including phenoxy) is 4. The van der Waals surface area contributed by atoms with Gasteiger partial charge in [-0.05, 0) is 83.5 Å². The maximum Gasteiger partial charge on any atom is 0.361 e. The maximum absolute atomic E-state index is 12.8. The predicted octanol–water partition coefficient (Wildman–Crippen LogP) is 13.1. The third-order valence-electron chi connectivity index (χ3n) is 9.59. The molecular weight excluding hydrogens is 779 g/mol. The summed E-state index contributed by atoms with van der Waals surface area (Å²) in [6.07, 6.45) is 54.8. The first-order chi connectivity index (χ1) is 30.1. The predicted molar refractivity (Wildman–Crippen MR) is 258 cm³/mol. The molecule has 9 heteroatoms. The number of aliphatic carboxylic acids is 1. The van der Waals surface area contributed by atoms with Gasteiger partial charge in [0.05, 0.1) is 34.4 Å². The summed E-state index contributed by atoms with van der Waals surface area (Å²) in [6, 6.07) is 0. The number of likely N-dealkylation sites (N-methyl/N-ethyl adjacent to an activating group) is 1. The Bertz CT molecular complexity index is 1330. The topological polar surface area (TPSA) is 108 Å². The molecule has 0 saturated carbocycles. The largest absolute Gasteiger partial charge is 0.477 e. The molecule has 0 radical (unpaired) electrons. The van der Waals surface area contributed by atoms with E-state index in [2.05, 4.69) is 98.9 Å². The minimum Gasteiger partial charge on any atom is -0.477 e. The van der Waals surface area contributed by atoms with Crippen molar-refractivity contribution in [2.75, 3.05) is 47.5 Å². The zero-order chi connectivity index (χ0) is 45.6. The third-order valence-corrected chi connectivity index (χ3v) is 9.59.